The molecule has 0 aliphatic rings. The summed E-state index contributed by atoms with van der Waals surface area (Å²) in [6, 6.07) is 12.6. The van der Waals surface area contributed by atoms with Crippen LogP contribution in [0.4, 0.5) is 8.78 Å². The molecule has 1 unspecified atom stereocenters. The molecule has 1 atom stereocenters. The van der Waals surface area contributed by atoms with E-state index in [1.165, 1.54) is 18.2 Å². The normalized spacial score (nSPS) is 14.2. The zero-order valence-electron chi connectivity index (χ0n) is 10.2. The number of hydrogen-bond acceptors (Lipinski definition) is 1. The van der Waals surface area contributed by atoms with Gasteiger partial charge in [-0.05, 0) is 42.7 Å². The van der Waals surface area contributed by atoms with Crippen molar-refractivity contribution in [2.45, 2.75) is 18.9 Å². The largest absolute Gasteiger partial charge is 0.321 e. The molecule has 0 aromatic heterocycles. The van der Waals surface area contributed by atoms with Crippen molar-refractivity contribution < 1.29 is 8.78 Å². The summed E-state index contributed by atoms with van der Waals surface area (Å²) in [6.45, 7) is 1.77. The van der Waals surface area contributed by atoms with Crippen LogP contribution in [-0.4, -0.2) is 0 Å². The first-order valence-corrected chi connectivity index (χ1v) is 5.77. The quantitative estimate of drug-likeness (QED) is 0.884. The predicted octanol–water partition coefficient (Wildman–Crippen LogP) is 3.38. The smallest absolute Gasteiger partial charge is 0.126 e. The number of benzene rings is 2. The van der Waals surface area contributed by atoms with E-state index in [9.17, 15) is 8.78 Å². The molecule has 2 aromatic rings. The number of nitrogens with two attached hydrogens (primary N) is 1. The third-order valence-electron chi connectivity index (χ3n) is 3.00. The van der Waals surface area contributed by atoms with Crippen LogP contribution in [0.15, 0.2) is 48.5 Å². The lowest BCUT2D eigenvalue weighted by molar-refractivity contribution is 0.471. The Morgan fingerprint density at radius 1 is 1.06 bits per heavy atom. The van der Waals surface area contributed by atoms with Crippen molar-refractivity contribution in [2.75, 3.05) is 0 Å². The van der Waals surface area contributed by atoms with E-state index in [4.69, 9.17) is 5.73 Å². The monoisotopic (exact) mass is 247 g/mol. The standard InChI is InChI=1S/C15H15F2N/c1-15(18,12-6-4-7-13(16)9-12)10-11-5-2-3-8-14(11)17/h2-9H,10,18H2,1H3. The van der Waals surface area contributed by atoms with Crippen LogP contribution in [0.2, 0.25) is 0 Å². The zero-order chi connectivity index (χ0) is 13.2. The maximum absolute atomic E-state index is 13.6. The van der Waals surface area contributed by atoms with Crippen LogP contribution in [0.5, 0.6) is 0 Å². The van der Waals surface area contributed by atoms with Gasteiger partial charge in [-0.25, -0.2) is 8.78 Å². The van der Waals surface area contributed by atoms with Crippen LogP contribution in [0, 0.1) is 11.6 Å². The van der Waals surface area contributed by atoms with Crippen LogP contribution in [0.3, 0.4) is 0 Å². The molecule has 0 spiro atoms. The Morgan fingerprint density at radius 3 is 2.44 bits per heavy atom. The van der Waals surface area contributed by atoms with Gasteiger partial charge in [0.1, 0.15) is 11.6 Å². The van der Waals surface area contributed by atoms with E-state index in [2.05, 4.69) is 0 Å². The van der Waals surface area contributed by atoms with Gasteiger partial charge < -0.3 is 5.73 Å². The second-order valence-corrected chi connectivity index (χ2v) is 4.70. The van der Waals surface area contributed by atoms with E-state index in [0.717, 1.165) is 0 Å². The summed E-state index contributed by atoms with van der Waals surface area (Å²) in [4.78, 5) is 0. The average molecular weight is 247 g/mol. The van der Waals surface area contributed by atoms with Gasteiger partial charge in [-0.2, -0.15) is 0 Å². The van der Waals surface area contributed by atoms with Gasteiger partial charge in [-0.1, -0.05) is 30.3 Å². The maximum Gasteiger partial charge on any atom is 0.126 e. The summed E-state index contributed by atoms with van der Waals surface area (Å²) in [5, 5.41) is 0. The second-order valence-electron chi connectivity index (χ2n) is 4.70. The first-order valence-electron chi connectivity index (χ1n) is 5.77. The molecule has 0 saturated carbocycles. The Morgan fingerprint density at radius 2 is 1.78 bits per heavy atom. The van der Waals surface area contributed by atoms with E-state index < -0.39 is 5.54 Å². The van der Waals surface area contributed by atoms with Crippen LogP contribution in [-0.2, 0) is 12.0 Å². The summed E-state index contributed by atoms with van der Waals surface area (Å²) in [7, 11) is 0. The van der Waals surface area contributed by atoms with E-state index in [1.54, 1.807) is 37.3 Å². The van der Waals surface area contributed by atoms with Crippen LogP contribution < -0.4 is 5.73 Å². The highest BCUT2D eigenvalue weighted by Gasteiger charge is 2.23. The molecular weight excluding hydrogens is 232 g/mol. The predicted molar refractivity (Wildman–Crippen MR) is 68.0 cm³/mol. The molecule has 0 heterocycles. The van der Waals surface area contributed by atoms with Crippen molar-refractivity contribution in [3.05, 3.63) is 71.3 Å². The fraction of sp³-hybridized carbons (Fsp3) is 0.200. The first-order chi connectivity index (χ1) is 8.49. The van der Waals surface area contributed by atoms with Gasteiger partial charge in [0.05, 0.1) is 0 Å². The van der Waals surface area contributed by atoms with Gasteiger partial charge in [0, 0.05) is 5.54 Å². The number of halogens is 2. The van der Waals surface area contributed by atoms with E-state index in [-0.39, 0.29) is 11.6 Å². The third kappa shape index (κ3) is 2.74. The Balaban J connectivity index is 2.30. The zero-order valence-corrected chi connectivity index (χ0v) is 10.2. The molecular formula is C15H15F2N. The lowest BCUT2D eigenvalue weighted by atomic mass is 9.86. The highest BCUT2D eigenvalue weighted by atomic mass is 19.1. The minimum absolute atomic E-state index is 0.287. The van der Waals surface area contributed by atoms with Crippen LogP contribution >= 0.6 is 0 Å². The van der Waals surface area contributed by atoms with Crippen molar-refractivity contribution in [1.82, 2.24) is 0 Å². The van der Waals surface area contributed by atoms with Gasteiger partial charge in [0.25, 0.3) is 0 Å². The van der Waals surface area contributed by atoms with Gasteiger partial charge in [0.15, 0.2) is 0 Å². The molecule has 0 bridgehead atoms. The summed E-state index contributed by atoms with van der Waals surface area (Å²) in [5.41, 5.74) is 6.57. The number of hydrogen-bond donors (Lipinski definition) is 1. The van der Waals surface area contributed by atoms with Crippen LogP contribution in [0.25, 0.3) is 0 Å². The molecule has 94 valence electrons. The number of rotatable bonds is 3. The molecule has 18 heavy (non-hydrogen) atoms. The molecule has 0 aliphatic carbocycles. The van der Waals surface area contributed by atoms with Crippen LogP contribution in [0.1, 0.15) is 18.1 Å². The lowest BCUT2D eigenvalue weighted by Crippen LogP contribution is -2.35. The van der Waals surface area contributed by atoms with Crippen molar-refractivity contribution in [2.24, 2.45) is 5.73 Å². The average Bonchev–Trinajstić information content (AvgIpc) is 2.32. The van der Waals surface area contributed by atoms with Crippen molar-refractivity contribution >= 4 is 0 Å². The highest BCUT2D eigenvalue weighted by molar-refractivity contribution is 5.28. The molecule has 2 N–H and O–H groups in total. The molecule has 0 saturated heterocycles. The van der Waals surface area contributed by atoms with E-state index in [1.807, 2.05) is 0 Å². The van der Waals surface area contributed by atoms with Gasteiger partial charge >= 0.3 is 0 Å². The molecule has 0 amide bonds. The molecule has 3 heteroatoms. The Kier molecular flexibility index (Phi) is 3.43. The minimum Gasteiger partial charge on any atom is -0.321 e. The fourth-order valence-corrected chi connectivity index (χ4v) is 1.98. The third-order valence-corrected chi connectivity index (χ3v) is 3.00. The van der Waals surface area contributed by atoms with Gasteiger partial charge in [-0.3, -0.25) is 0 Å². The topological polar surface area (TPSA) is 26.0 Å². The SMILES string of the molecule is CC(N)(Cc1ccccc1F)c1cccc(F)c1. The molecule has 0 radical (unpaired) electrons. The van der Waals surface area contributed by atoms with Crippen molar-refractivity contribution in [1.29, 1.82) is 0 Å². The summed E-state index contributed by atoms with van der Waals surface area (Å²) < 4.78 is 26.8. The summed E-state index contributed by atoms with van der Waals surface area (Å²) in [5.74, 6) is -0.622. The minimum atomic E-state index is -0.801. The Labute approximate surface area is 105 Å². The Hall–Kier alpha value is -1.74. The second kappa shape index (κ2) is 4.86. The fourth-order valence-electron chi connectivity index (χ4n) is 1.98. The molecule has 0 fully saturated rings. The van der Waals surface area contributed by atoms with Crippen molar-refractivity contribution in [3.8, 4) is 0 Å². The molecule has 2 aromatic carbocycles. The highest BCUT2D eigenvalue weighted by Crippen LogP contribution is 2.24. The lowest BCUT2D eigenvalue weighted by Gasteiger charge is -2.25. The van der Waals surface area contributed by atoms with E-state index in [0.29, 0.717) is 17.5 Å². The first kappa shape index (κ1) is 12.7. The van der Waals surface area contributed by atoms with Crippen molar-refractivity contribution in [3.63, 3.8) is 0 Å². The molecule has 0 aliphatic heterocycles. The van der Waals surface area contributed by atoms with E-state index >= 15 is 0 Å². The molecule has 1 nitrogen and oxygen atoms in total. The maximum atomic E-state index is 13.6. The summed E-state index contributed by atoms with van der Waals surface area (Å²) in [6.07, 6.45) is 0.323. The molecule has 2 rings (SSSR count). The van der Waals surface area contributed by atoms with Gasteiger partial charge in [-0.15, -0.1) is 0 Å². The van der Waals surface area contributed by atoms with Gasteiger partial charge in [0.2, 0.25) is 0 Å². The Bertz CT molecular complexity index is 550. The summed E-state index contributed by atoms with van der Waals surface area (Å²) >= 11 is 0.